The Morgan fingerprint density at radius 3 is 2.88 bits per heavy atom. The third-order valence-electron chi connectivity index (χ3n) is 2.37. The molecule has 88 valence electrons. The highest BCUT2D eigenvalue weighted by molar-refractivity contribution is 6.36. The van der Waals surface area contributed by atoms with Crippen molar-refractivity contribution in [1.82, 2.24) is 5.32 Å². The van der Waals surface area contributed by atoms with Crippen LogP contribution in [0.2, 0.25) is 5.02 Å². The summed E-state index contributed by atoms with van der Waals surface area (Å²) in [6, 6.07) is 5.22. The van der Waals surface area contributed by atoms with Crippen molar-refractivity contribution in [2.75, 3.05) is 5.73 Å². The maximum absolute atomic E-state index is 11.9. The Labute approximate surface area is 101 Å². The highest BCUT2D eigenvalue weighted by atomic mass is 35.5. The molecule has 0 bridgehead atoms. The summed E-state index contributed by atoms with van der Waals surface area (Å²) in [5.41, 5.74) is 6.50. The van der Waals surface area contributed by atoms with Crippen molar-refractivity contribution in [3.63, 3.8) is 0 Å². The Morgan fingerprint density at radius 2 is 2.25 bits per heavy atom. The molecule has 1 unspecified atom stereocenters. The minimum atomic E-state index is -0.168. The Morgan fingerprint density at radius 1 is 1.56 bits per heavy atom. The summed E-state index contributed by atoms with van der Waals surface area (Å²) in [5.74, 6) is -0.168. The molecule has 0 aliphatic rings. The van der Waals surface area contributed by atoms with Crippen molar-refractivity contribution in [2.45, 2.75) is 32.7 Å². The van der Waals surface area contributed by atoms with Gasteiger partial charge < -0.3 is 11.1 Å². The normalized spacial score (nSPS) is 12.2. The van der Waals surface area contributed by atoms with E-state index in [1.54, 1.807) is 18.2 Å². The highest BCUT2D eigenvalue weighted by Crippen LogP contribution is 2.22. The van der Waals surface area contributed by atoms with E-state index in [9.17, 15) is 4.79 Å². The average molecular weight is 241 g/mol. The quantitative estimate of drug-likeness (QED) is 0.796. The molecule has 4 heteroatoms. The van der Waals surface area contributed by atoms with E-state index in [0.717, 1.165) is 12.8 Å². The van der Waals surface area contributed by atoms with Gasteiger partial charge in [0.2, 0.25) is 0 Å². The van der Waals surface area contributed by atoms with Crippen LogP contribution in [0.3, 0.4) is 0 Å². The van der Waals surface area contributed by atoms with Crippen molar-refractivity contribution < 1.29 is 4.79 Å². The van der Waals surface area contributed by atoms with E-state index >= 15 is 0 Å². The molecule has 0 saturated carbocycles. The van der Waals surface area contributed by atoms with Crippen LogP contribution in [0.15, 0.2) is 18.2 Å². The molecule has 0 spiro atoms. The molecule has 0 aromatic heterocycles. The van der Waals surface area contributed by atoms with Gasteiger partial charge >= 0.3 is 0 Å². The Bertz CT molecular complexity index is 379. The minimum absolute atomic E-state index is 0.148. The molecular weight excluding hydrogens is 224 g/mol. The van der Waals surface area contributed by atoms with Crippen LogP contribution >= 0.6 is 11.6 Å². The Balaban J connectivity index is 2.77. The van der Waals surface area contributed by atoms with E-state index < -0.39 is 0 Å². The number of halogens is 1. The first-order valence-electron chi connectivity index (χ1n) is 5.41. The number of nitrogens with one attached hydrogen (secondary N) is 1. The summed E-state index contributed by atoms with van der Waals surface area (Å²) in [5, 5.41) is 3.21. The highest BCUT2D eigenvalue weighted by Gasteiger charge is 2.13. The van der Waals surface area contributed by atoms with Gasteiger partial charge in [0.25, 0.3) is 5.91 Å². The standard InChI is InChI=1S/C12H17ClN2O/c1-3-5-8(2)15-12(16)9-6-4-7-10(14)11(9)13/h4,6-8H,3,5,14H2,1-2H3,(H,15,16). The topological polar surface area (TPSA) is 55.1 Å². The molecule has 0 saturated heterocycles. The second-order valence-electron chi connectivity index (χ2n) is 3.87. The van der Waals surface area contributed by atoms with Gasteiger partial charge in [0.05, 0.1) is 16.3 Å². The lowest BCUT2D eigenvalue weighted by Gasteiger charge is -2.13. The smallest absolute Gasteiger partial charge is 0.253 e. The van der Waals surface area contributed by atoms with Crippen LogP contribution in [0.4, 0.5) is 5.69 Å². The second-order valence-corrected chi connectivity index (χ2v) is 4.25. The first kappa shape index (κ1) is 12.8. The molecule has 1 aromatic rings. The van der Waals surface area contributed by atoms with Crippen LogP contribution in [0.5, 0.6) is 0 Å². The molecule has 0 aliphatic heterocycles. The zero-order chi connectivity index (χ0) is 12.1. The zero-order valence-corrected chi connectivity index (χ0v) is 10.3. The van der Waals surface area contributed by atoms with Crippen molar-refractivity contribution in [3.8, 4) is 0 Å². The predicted molar refractivity (Wildman–Crippen MR) is 67.7 cm³/mol. The van der Waals surface area contributed by atoms with E-state index in [1.165, 1.54) is 0 Å². The molecule has 1 rings (SSSR count). The lowest BCUT2D eigenvalue weighted by Crippen LogP contribution is -2.32. The molecule has 0 radical (unpaired) electrons. The van der Waals surface area contributed by atoms with Gasteiger partial charge in [-0.1, -0.05) is 31.0 Å². The number of nitrogen functional groups attached to an aromatic ring is 1. The third kappa shape index (κ3) is 3.14. The predicted octanol–water partition coefficient (Wildman–Crippen LogP) is 2.84. The fourth-order valence-corrected chi connectivity index (χ4v) is 1.74. The number of benzene rings is 1. The Kier molecular flexibility index (Phi) is 4.62. The van der Waals surface area contributed by atoms with E-state index in [-0.39, 0.29) is 11.9 Å². The number of hydrogen-bond acceptors (Lipinski definition) is 2. The molecular formula is C12H17ClN2O. The van der Waals surface area contributed by atoms with Gasteiger partial charge in [0, 0.05) is 6.04 Å². The second kappa shape index (κ2) is 5.75. The fraction of sp³-hybridized carbons (Fsp3) is 0.417. The van der Waals surface area contributed by atoms with E-state index in [0.29, 0.717) is 16.3 Å². The molecule has 0 aliphatic carbocycles. The van der Waals surface area contributed by atoms with Crippen LogP contribution in [0, 0.1) is 0 Å². The number of carbonyl (C=O) groups is 1. The van der Waals surface area contributed by atoms with Gasteiger partial charge in [0.1, 0.15) is 0 Å². The third-order valence-corrected chi connectivity index (χ3v) is 2.79. The number of amides is 1. The molecule has 0 heterocycles. The van der Waals surface area contributed by atoms with Gasteiger partial charge in [0.15, 0.2) is 0 Å². The Hall–Kier alpha value is -1.22. The first-order chi connectivity index (χ1) is 7.56. The van der Waals surface area contributed by atoms with Crippen LogP contribution < -0.4 is 11.1 Å². The van der Waals surface area contributed by atoms with Crippen LogP contribution in [-0.2, 0) is 0 Å². The van der Waals surface area contributed by atoms with E-state index in [4.69, 9.17) is 17.3 Å². The van der Waals surface area contributed by atoms with Crippen molar-refractivity contribution in [1.29, 1.82) is 0 Å². The largest absolute Gasteiger partial charge is 0.398 e. The number of rotatable bonds is 4. The molecule has 1 aromatic carbocycles. The van der Waals surface area contributed by atoms with Gasteiger partial charge in [-0.2, -0.15) is 0 Å². The number of hydrogen-bond donors (Lipinski definition) is 2. The molecule has 0 fully saturated rings. The molecule has 3 N–H and O–H groups in total. The van der Waals surface area contributed by atoms with Crippen LogP contribution in [0.1, 0.15) is 37.0 Å². The van der Waals surface area contributed by atoms with E-state index in [2.05, 4.69) is 12.2 Å². The first-order valence-corrected chi connectivity index (χ1v) is 5.79. The maximum atomic E-state index is 11.9. The maximum Gasteiger partial charge on any atom is 0.253 e. The van der Waals surface area contributed by atoms with E-state index in [1.807, 2.05) is 6.92 Å². The monoisotopic (exact) mass is 240 g/mol. The minimum Gasteiger partial charge on any atom is -0.398 e. The lowest BCUT2D eigenvalue weighted by atomic mass is 10.1. The number of carbonyl (C=O) groups excluding carboxylic acids is 1. The van der Waals surface area contributed by atoms with Gasteiger partial charge in [-0.25, -0.2) is 0 Å². The summed E-state index contributed by atoms with van der Waals surface area (Å²) in [6.45, 7) is 4.05. The zero-order valence-electron chi connectivity index (χ0n) is 9.59. The van der Waals surface area contributed by atoms with Gasteiger partial charge in [-0.3, -0.25) is 4.79 Å². The van der Waals surface area contributed by atoms with Gasteiger partial charge in [-0.05, 0) is 25.5 Å². The average Bonchev–Trinajstić information content (AvgIpc) is 2.22. The van der Waals surface area contributed by atoms with Crippen molar-refractivity contribution >= 4 is 23.2 Å². The SMILES string of the molecule is CCCC(C)NC(=O)c1cccc(N)c1Cl. The van der Waals surface area contributed by atoms with Crippen LogP contribution in [-0.4, -0.2) is 11.9 Å². The van der Waals surface area contributed by atoms with Crippen LogP contribution in [0.25, 0.3) is 0 Å². The number of nitrogens with two attached hydrogens (primary N) is 1. The summed E-state index contributed by atoms with van der Waals surface area (Å²) in [6.07, 6.45) is 1.98. The summed E-state index contributed by atoms with van der Waals surface area (Å²) < 4.78 is 0. The summed E-state index contributed by atoms with van der Waals surface area (Å²) >= 11 is 5.96. The van der Waals surface area contributed by atoms with Crippen molar-refractivity contribution in [3.05, 3.63) is 28.8 Å². The molecule has 1 atom stereocenters. The molecule has 3 nitrogen and oxygen atoms in total. The fourth-order valence-electron chi connectivity index (χ4n) is 1.53. The summed E-state index contributed by atoms with van der Waals surface area (Å²) in [4.78, 5) is 11.9. The lowest BCUT2D eigenvalue weighted by molar-refractivity contribution is 0.0938. The van der Waals surface area contributed by atoms with Gasteiger partial charge in [-0.15, -0.1) is 0 Å². The summed E-state index contributed by atoms with van der Waals surface area (Å²) in [7, 11) is 0. The molecule has 1 amide bonds. The van der Waals surface area contributed by atoms with Crippen molar-refractivity contribution in [2.24, 2.45) is 0 Å². The number of anilines is 1. The molecule has 16 heavy (non-hydrogen) atoms.